The third-order valence-electron chi connectivity index (χ3n) is 3.34. The molecule has 0 aromatic carbocycles. The second-order valence-corrected chi connectivity index (χ2v) is 4.02. The van der Waals surface area contributed by atoms with Gasteiger partial charge in [0.25, 0.3) is 0 Å². The fourth-order valence-corrected chi connectivity index (χ4v) is 2.77. The van der Waals surface area contributed by atoms with Crippen LogP contribution in [-0.4, -0.2) is 31.1 Å². The third-order valence-corrected chi connectivity index (χ3v) is 3.34. The summed E-state index contributed by atoms with van der Waals surface area (Å²) < 4.78 is 0. The molecule has 3 unspecified atom stereocenters. The largest absolute Gasteiger partial charge is 0.330 e. The maximum Gasteiger partial charge on any atom is 0.0156 e. The van der Waals surface area contributed by atoms with E-state index in [1.54, 1.807) is 0 Å². The number of rotatable bonds is 2. The van der Waals surface area contributed by atoms with Crippen molar-refractivity contribution in [3.63, 3.8) is 0 Å². The van der Waals surface area contributed by atoms with E-state index in [2.05, 4.69) is 11.9 Å². The molecule has 0 amide bonds. The van der Waals surface area contributed by atoms with Crippen LogP contribution in [0.5, 0.6) is 0 Å². The lowest BCUT2D eigenvalue weighted by Crippen LogP contribution is -2.27. The lowest BCUT2D eigenvalue weighted by Gasteiger charge is -2.20. The van der Waals surface area contributed by atoms with Gasteiger partial charge in [-0.2, -0.15) is 0 Å². The van der Waals surface area contributed by atoms with Crippen LogP contribution in [-0.2, 0) is 0 Å². The molecule has 1 saturated carbocycles. The van der Waals surface area contributed by atoms with E-state index in [-0.39, 0.29) is 0 Å². The summed E-state index contributed by atoms with van der Waals surface area (Å²) in [5.74, 6) is 1.96. The maximum absolute atomic E-state index is 5.55. The summed E-state index contributed by atoms with van der Waals surface area (Å²) in [7, 11) is 2.26. The topological polar surface area (TPSA) is 29.3 Å². The van der Waals surface area contributed by atoms with Gasteiger partial charge in [0.05, 0.1) is 0 Å². The van der Waals surface area contributed by atoms with Crippen molar-refractivity contribution >= 4 is 0 Å². The summed E-state index contributed by atoms with van der Waals surface area (Å²) in [4.78, 5) is 2.52. The van der Waals surface area contributed by atoms with Crippen LogP contribution in [0, 0.1) is 11.8 Å². The van der Waals surface area contributed by atoms with Gasteiger partial charge in [0.15, 0.2) is 0 Å². The molecule has 1 aliphatic carbocycles. The lowest BCUT2D eigenvalue weighted by molar-refractivity contribution is 0.259. The molecular weight excluding hydrogens is 136 g/mol. The number of likely N-dealkylation sites (tertiary alicyclic amines) is 1. The standard InChI is InChI=1S/C9H18N2/c1-11-6-2-3-7-8(4-5-10)9(7)11/h7-9H,2-6,10H2,1H3. The number of hydrogen-bond acceptors (Lipinski definition) is 2. The first-order chi connectivity index (χ1) is 5.34. The molecule has 2 aliphatic rings. The summed E-state index contributed by atoms with van der Waals surface area (Å²) in [6.07, 6.45) is 4.11. The van der Waals surface area contributed by atoms with E-state index in [1.807, 2.05) is 0 Å². The van der Waals surface area contributed by atoms with Crippen molar-refractivity contribution in [3.05, 3.63) is 0 Å². The van der Waals surface area contributed by atoms with E-state index in [9.17, 15) is 0 Å². The highest BCUT2D eigenvalue weighted by atomic mass is 15.2. The Labute approximate surface area is 68.7 Å². The van der Waals surface area contributed by atoms with Crippen LogP contribution in [0.15, 0.2) is 0 Å². The Morgan fingerprint density at radius 1 is 1.55 bits per heavy atom. The molecule has 0 aromatic heterocycles. The summed E-state index contributed by atoms with van der Waals surface area (Å²) in [5, 5.41) is 0. The van der Waals surface area contributed by atoms with Crippen LogP contribution >= 0.6 is 0 Å². The Morgan fingerprint density at radius 3 is 3.00 bits per heavy atom. The van der Waals surface area contributed by atoms with Gasteiger partial charge in [0.1, 0.15) is 0 Å². The monoisotopic (exact) mass is 154 g/mol. The van der Waals surface area contributed by atoms with Crippen LogP contribution in [0.25, 0.3) is 0 Å². The summed E-state index contributed by atoms with van der Waals surface area (Å²) in [5.41, 5.74) is 5.55. The van der Waals surface area contributed by atoms with Gasteiger partial charge in [-0.05, 0) is 51.2 Å². The molecule has 2 fully saturated rings. The Kier molecular flexibility index (Phi) is 1.90. The zero-order valence-electron chi connectivity index (χ0n) is 7.29. The Balaban J connectivity index is 1.89. The Hall–Kier alpha value is -0.0800. The zero-order valence-corrected chi connectivity index (χ0v) is 7.29. The van der Waals surface area contributed by atoms with Gasteiger partial charge in [0.2, 0.25) is 0 Å². The molecule has 1 heterocycles. The van der Waals surface area contributed by atoms with E-state index in [0.29, 0.717) is 0 Å². The maximum atomic E-state index is 5.55. The molecular formula is C9H18N2. The lowest BCUT2D eigenvalue weighted by atomic mass is 10.1. The van der Waals surface area contributed by atoms with E-state index in [4.69, 9.17) is 5.73 Å². The predicted molar refractivity (Wildman–Crippen MR) is 46.3 cm³/mol. The van der Waals surface area contributed by atoms with Crippen molar-refractivity contribution in [3.8, 4) is 0 Å². The van der Waals surface area contributed by atoms with E-state index >= 15 is 0 Å². The molecule has 1 saturated heterocycles. The van der Waals surface area contributed by atoms with Gasteiger partial charge in [0, 0.05) is 6.04 Å². The average molecular weight is 154 g/mol. The minimum Gasteiger partial charge on any atom is -0.330 e. The van der Waals surface area contributed by atoms with Gasteiger partial charge in [-0.25, -0.2) is 0 Å². The molecule has 1 aliphatic heterocycles. The van der Waals surface area contributed by atoms with Crippen molar-refractivity contribution in [2.75, 3.05) is 20.1 Å². The van der Waals surface area contributed by atoms with Gasteiger partial charge in [-0.3, -0.25) is 0 Å². The molecule has 0 spiro atoms. The predicted octanol–water partition coefficient (Wildman–Crippen LogP) is 0.675. The number of nitrogens with two attached hydrogens (primary N) is 1. The number of piperidine rings is 1. The first kappa shape index (κ1) is 7.56. The van der Waals surface area contributed by atoms with Crippen molar-refractivity contribution in [2.24, 2.45) is 17.6 Å². The molecule has 64 valence electrons. The smallest absolute Gasteiger partial charge is 0.0156 e. The van der Waals surface area contributed by atoms with Gasteiger partial charge in [-0.1, -0.05) is 0 Å². The number of hydrogen-bond donors (Lipinski definition) is 1. The van der Waals surface area contributed by atoms with Crippen LogP contribution in [0.2, 0.25) is 0 Å². The van der Waals surface area contributed by atoms with Gasteiger partial charge >= 0.3 is 0 Å². The number of nitrogens with zero attached hydrogens (tertiary/aromatic N) is 1. The molecule has 0 bridgehead atoms. The van der Waals surface area contributed by atoms with Gasteiger partial charge in [-0.15, -0.1) is 0 Å². The van der Waals surface area contributed by atoms with Crippen molar-refractivity contribution in [2.45, 2.75) is 25.3 Å². The minimum absolute atomic E-state index is 0.880. The SMILES string of the molecule is CN1CCCC2C(CCN)C21. The fraction of sp³-hybridized carbons (Fsp3) is 1.00. The fourth-order valence-electron chi connectivity index (χ4n) is 2.77. The highest BCUT2D eigenvalue weighted by molar-refractivity contribution is 5.05. The molecule has 2 heteroatoms. The molecule has 11 heavy (non-hydrogen) atoms. The van der Waals surface area contributed by atoms with E-state index in [1.165, 1.54) is 25.8 Å². The van der Waals surface area contributed by atoms with Gasteiger partial charge < -0.3 is 10.6 Å². The second kappa shape index (κ2) is 2.76. The first-order valence-corrected chi connectivity index (χ1v) is 4.75. The first-order valence-electron chi connectivity index (χ1n) is 4.75. The highest BCUT2D eigenvalue weighted by Crippen LogP contribution is 2.50. The summed E-state index contributed by atoms with van der Waals surface area (Å²) in [6.45, 7) is 2.19. The van der Waals surface area contributed by atoms with Crippen molar-refractivity contribution < 1.29 is 0 Å². The van der Waals surface area contributed by atoms with Crippen molar-refractivity contribution in [1.29, 1.82) is 0 Å². The van der Waals surface area contributed by atoms with Crippen LogP contribution in [0.4, 0.5) is 0 Å². The second-order valence-electron chi connectivity index (χ2n) is 4.02. The molecule has 3 atom stereocenters. The number of fused-ring (bicyclic) bond motifs is 1. The van der Waals surface area contributed by atoms with Crippen LogP contribution in [0.3, 0.4) is 0 Å². The van der Waals surface area contributed by atoms with Crippen molar-refractivity contribution in [1.82, 2.24) is 4.90 Å². The molecule has 0 radical (unpaired) electrons. The molecule has 2 nitrogen and oxygen atoms in total. The molecule has 2 rings (SSSR count). The quantitative estimate of drug-likeness (QED) is 0.633. The normalized spacial score (nSPS) is 43.6. The summed E-state index contributed by atoms with van der Waals surface area (Å²) in [6, 6.07) is 0.910. The van der Waals surface area contributed by atoms with Crippen LogP contribution in [0.1, 0.15) is 19.3 Å². The third kappa shape index (κ3) is 1.18. The van der Waals surface area contributed by atoms with Crippen LogP contribution < -0.4 is 5.73 Å². The minimum atomic E-state index is 0.880. The Bertz CT molecular complexity index is 146. The Morgan fingerprint density at radius 2 is 2.36 bits per heavy atom. The average Bonchev–Trinajstić information content (AvgIpc) is 2.66. The summed E-state index contributed by atoms with van der Waals surface area (Å²) >= 11 is 0. The zero-order chi connectivity index (χ0) is 7.84. The van der Waals surface area contributed by atoms with E-state index in [0.717, 1.165) is 24.4 Å². The van der Waals surface area contributed by atoms with E-state index < -0.39 is 0 Å². The highest BCUT2D eigenvalue weighted by Gasteiger charge is 2.52. The molecule has 0 aromatic rings. The molecule has 2 N–H and O–H groups in total.